The minimum Gasteiger partial charge on any atom is -0.397 e. The van der Waals surface area contributed by atoms with Gasteiger partial charge in [-0.15, -0.1) is 0 Å². The van der Waals surface area contributed by atoms with E-state index in [2.05, 4.69) is 4.98 Å². The normalized spacial score (nSPS) is 10.6. The third kappa shape index (κ3) is 2.96. The van der Waals surface area contributed by atoms with Crippen LogP contribution in [0.4, 0.5) is 11.5 Å². The number of nitrogens with two attached hydrogens (primary N) is 1. The highest BCUT2D eigenvalue weighted by Crippen LogP contribution is 2.19. The zero-order valence-electron chi connectivity index (χ0n) is 12.0. The van der Waals surface area contributed by atoms with Crippen LogP contribution in [0.5, 0.6) is 0 Å². The second-order valence-electron chi connectivity index (χ2n) is 5.08. The summed E-state index contributed by atoms with van der Waals surface area (Å²) in [6, 6.07) is 11.1. The van der Waals surface area contributed by atoms with E-state index in [1.165, 1.54) is 0 Å². The van der Waals surface area contributed by atoms with Gasteiger partial charge in [-0.05, 0) is 45.0 Å². The molecule has 2 aromatic rings. The first-order valence-corrected chi connectivity index (χ1v) is 6.61. The molecule has 0 aliphatic carbocycles. The van der Waals surface area contributed by atoms with Gasteiger partial charge in [-0.2, -0.15) is 0 Å². The van der Waals surface area contributed by atoms with E-state index < -0.39 is 0 Å². The van der Waals surface area contributed by atoms with Crippen LogP contribution in [0.15, 0.2) is 42.6 Å². The predicted molar refractivity (Wildman–Crippen MR) is 81.8 cm³/mol. The summed E-state index contributed by atoms with van der Waals surface area (Å²) >= 11 is 0. The van der Waals surface area contributed by atoms with Gasteiger partial charge in [0.1, 0.15) is 5.82 Å². The fourth-order valence-electron chi connectivity index (χ4n) is 1.98. The monoisotopic (exact) mass is 269 g/mol. The zero-order chi connectivity index (χ0) is 14.7. The van der Waals surface area contributed by atoms with E-state index in [4.69, 9.17) is 5.73 Å². The summed E-state index contributed by atoms with van der Waals surface area (Å²) in [5.74, 6) is 0.553. The van der Waals surface area contributed by atoms with Gasteiger partial charge in [0.05, 0.1) is 11.9 Å². The predicted octanol–water partition coefficient (Wildman–Crippen LogP) is 3.03. The fourth-order valence-corrected chi connectivity index (χ4v) is 1.98. The summed E-state index contributed by atoms with van der Waals surface area (Å²) in [5.41, 5.74) is 8.01. The van der Waals surface area contributed by atoms with Gasteiger partial charge in [0.2, 0.25) is 0 Å². The molecule has 0 bridgehead atoms. The number of aryl methyl sites for hydroxylation is 1. The smallest absolute Gasteiger partial charge is 0.259 e. The van der Waals surface area contributed by atoms with Gasteiger partial charge in [-0.3, -0.25) is 9.69 Å². The standard InChI is InChI=1S/C16H19N3O/c1-11(2)19(15-9-8-14(17)10-18-15)16(20)13-6-4-12(3)5-7-13/h4-11H,17H2,1-3H3. The number of nitrogen functional groups attached to an aromatic ring is 1. The molecule has 1 aromatic heterocycles. The number of pyridine rings is 1. The number of rotatable bonds is 3. The van der Waals surface area contributed by atoms with Crippen molar-refractivity contribution in [3.05, 3.63) is 53.7 Å². The van der Waals surface area contributed by atoms with Gasteiger partial charge in [-0.25, -0.2) is 4.98 Å². The van der Waals surface area contributed by atoms with Gasteiger partial charge in [0, 0.05) is 11.6 Å². The number of hydrogen-bond donors (Lipinski definition) is 1. The summed E-state index contributed by atoms with van der Waals surface area (Å²) < 4.78 is 0. The lowest BCUT2D eigenvalue weighted by Crippen LogP contribution is -2.37. The Hall–Kier alpha value is -2.36. The van der Waals surface area contributed by atoms with E-state index in [0.29, 0.717) is 17.1 Å². The highest BCUT2D eigenvalue weighted by atomic mass is 16.2. The van der Waals surface area contributed by atoms with Crippen LogP contribution in [0.3, 0.4) is 0 Å². The van der Waals surface area contributed by atoms with E-state index in [0.717, 1.165) is 5.56 Å². The lowest BCUT2D eigenvalue weighted by molar-refractivity contribution is 0.0979. The SMILES string of the molecule is Cc1ccc(C(=O)N(c2ccc(N)cn2)C(C)C)cc1. The lowest BCUT2D eigenvalue weighted by atomic mass is 10.1. The van der Waals surface area contributed by atoms with Crippen molar-refractivity contribution in [2.45, 2.75) is 26.8 Å². The van der Waals surface area contributed by atoms with Gasteiger partial charge in [0.15, 0.2) is 0 Å². The van der Waals surface area contributed by atoms with Crippen LogP contribution >= 0.6 is 0 Å². The molecule has 0 saturated heterocycles. The molecular formula is C16H19N3O. The minimum atomic E-state index is -0.0581. The Morgan fingerprint density at radius 1 is 1.15 bits per heavy atom. The maximum atomic E-state index is 12.6. The van der Waals surface area contributed by atoms with Crippen molar-refractivity contribution < 1.29 is 4.79 Å². The summed E-state index contributed by atoms with van der Waals surface area (Å²) in [5, 5.41) is 0. The third-order valence-electron chi connectivity index (χ3n) is 3.05. The van der Waals surface area contributed by atoms with Crippen molar-refractivity contribution in [3.8, 4) is 0 Å². The number of anilines is 2. The fraction of sp³-hybridized carbons (Fsp3) is 0.250. The molecule has 0 atom stereocenters. The molecule has 2 N–H and O–H groups in total. The molecule has 20 heavy (non-hydrogen) atoms. The molecule has 1 amide bonds. The van der Waals surface area contributed by atoms with Crippen LogP contribution in [0.2, 0.25) is 0 Å². The Bertz CT molecular complexity index is 588. The number of amides is 1. The second-order valence-corrected chi connectivity index (χ2v) is 5.08. The van der Waals surface area contributed by atoms with Crippen molar-refractivity contribution in [1.82, 2.24) is 4.98 Å². The molecule has 0 fully saturated rings. The number of aromatic nitrogens is 1. The number of nitrogens with zero attached hydrogens (tertiary/aromatic N) is 2. The Labute approximate surface area is 119 Å². The maximum Gasteiger partial charge on any atom is 0.259 e. The van der Waals surface area contributed by atoms with Crippen LogP contribution in [0.25, 0.3) is 0 Å². The molecule has 4 heteroatoms. The Kier molecular flexibility index (Phi) is 4.03. The first-order chi connectivity index (χ1) is 9.49. The maximum absolute atomic E-state index is 12.6. The molecule has 1 aromatic carbocycles. The molecule has 2 rings (SSSR count). The van der Waals surface area contributed by atoms with Crippen molar-refractivity contribution in [2.75, 3.05) is 10.6 Å². The minimum absolute atomic E-state index is 0.0138. The molecule has 104 valence electrons. The third-order valence-corrected chi connectivity index (χ3v) is 3.05. The number of benzene rings is 1. The quantitative estimate of drug-likeness (QED) is 0.931. The van der Waals surface area contributed by atoms with Crippen molar-refractivity contribution in [1.29, 1.82) is 0 Å². The van der Waals surface area contributed by atoms with Gasteiger partial charge < -0.3 is 5.73 Å². The van der Waals surface area contributed by atoms with E-state index in [9.17, 15) is 4.79 Å². The van der Waals surface area contributed by atoms with E-state index in [1.54, 1.807) is 23.2 Å². The summed E-state index contributed by atoms with van der Waals surface area (Å²) in [4.78, 5) is 18.6. The Morgan fingerprint density at radius 2 is 1.80 bits per heavy atom. The van der Waals surface area contributed by atoms with Crippen LogP contribution in [-0.4, -0.2) is 16.9 Å². The molecule has 0 unspecified atom stereocenters. The molecule has 0 spiro atoms. The first-order valence-electron chi connectivity index (χ1n) is 6.61. The van der Waals surface area contributed by atoms with Gasteiger partial charge >= 0.3 is 0 Å². The van der Waals surface area contributed by atoms with E-state index in [1.807, 2.05) is 45.0 Å². The lowest BCUT2D eigenvalue weighted by Gasteiger charge is -2.26. The van der Waals surface area contributed by atoms with Gasteiger partial charge in [0.25, 0.3) is 5.91 Å². The molecule has 0 saturated carbocycles. The summed E-state index contributed by atoms with van der Waals surface area (Å²) in [6.07, 6.45) is 1.56. The molecule has 4 nitrogen and oxygen atoms in total. The summed E-state index contributed by atoms with van der Waals surface area (Å²) in [7, 11) is 0. The number of carbonyl (C=O) groups excluding carboxylic acids is 1. The molecule has 0 aliphatic rings. The van der Waals surface area contributed by atoms with Crippen LogP contribution in [0.1, 0.15) is 29.8 Å². The molecular weight excluding hydrogens is 250 g/mol. The number of hydrogen-bond acceptors (Lipinski definition) is 3. The molecule has 1 heterocycles. The van der Waals surface area contributed by atoms with Crippen LogP contribution in [0, 0.1) is 6.92 Å². The topological polar surface area (TPSA) is 59.2 Å². The van der Waals surface area contributed by atoms with E-state index in [-0.39, 0.29) is 11.9 Å². The van der Waals surface area contributed by atoms with E-state index >= 15 is 0 Å². The van der Waals surface area contributed by atoms with Gasteiger partial charge in [-0.1, -0.05) is 17.7 Å². The highest BCUT2D eigenvalue weighted by Gasteiger charge is 2.21. The van der Waals surface area contributed by atoms with Crippen molar-refractivity contribution >= 4 is 17.4 Å². The van der Waals surface area contributed by atoms with Crippen molar-refractivity contribution in [2.24, 2.45) is 0 Å². The van der Waals surface area contributed by atoms with Crippen LogP contribution in [-0.2, 0) is 0 Å². The Balaban J connectivity index is 2.35. The van der Waals surface area contributed by atoms with Crippen LogP contribution < -0.4 is 10.6 Å². The van der Waals surface area contributed by atoms with Crippen molar-refractivity contribution in [3.63, 3.8) is 0 Å². The average Bonchev–Trinajstić information content (AvgIpc) is 2.41. The molecule has 0 aliphatic heterocycles. The zero-order valence-corrected chi connectivity index (χ0v) is 12.0. The first kappa shape index (κ1) is 14.1. The summed E-state index contributed by atoms with van der Waals surface area (Å²) in [6.45, 7) is 5.92. The Morgan fingerprint density at radius 3 is 2.30 bits per heavy atom. The number of carbonyl (C=O) groups is 1. The molecule has 0 radical (unpaired) electrons. The highest BCUT2D eigenvalue weighted by molar-refractivity contribution is 6.05. The second kappa shape index (κ2) is 5.74. The largest absolute Gasteiger partial charge is 0.397 e. The average molecular weight is 269 g/mol.